The number of nitrogens with two attached hydrogens (primary N) is 1. The summed E-state index contributed by atoms with van der Waals surface area (Å²) in [6, 6.07) is -2.47. The van der Waals surface area contributed by atoms with Gasteiger partial charge in [-0.25, -0.2) is 0 Å². The zero-order chi connectivity index (χ0) is 13.6. The van der Waals surface area contributed by atoms with E-state index in [1.807, 2.05) is 6.26 Å². The predicted molar refractivity (Wildman–Crippen MR) is 67.2 cm³/mol. The monoisotopic (exact) mass is 264 g/mol. The Kier molecular flexibility index (Phi) is 7.17. The lowest BCUT2D eigenvalue weighted by Gasteiger charge is -2.27. The summed E-state index contributed by atoms with van der Waals surface area (Å²) in [5.74, 6) is -1.82. The minimum absolute atomic E-state index is 0.141. The molecule has 1 unspecified atom stereocenters. The van der Waals surface area contributed by atoms with Gasteiger partial charge in [0.1, 0.15) is 12.1 Å². The quantitative estimate of drug-likeness (QED) is 0.481. The van der Waals surface area contributed by atoms with Crippen molar-refractivity contribution in [1.29, 1.82) is 0 Å². The molecule has 5 N–H and O–H groups in total. The minimum Gasteiger partial charge on any atom is -0.480 e. The minimum atomic E-state index is -1.13. The Morgan fingerprint density at radius 3 is 2.12 bits per heavy atom. The highest BCUT2D eigenvalue weighted by Gasteiger charge is 2.30. The summed E-state index contributed by atoms with van der Waals surface area (Å²) in [4.78, 5) is 21.8. The molecule has 100 valence electrons. The maximum absolute atomic E-state index is 11.0. The standard InChI is InChI=1S/C10H20N2O4S/c1-5(2)8(10(15)16)12-6(4-17-3)7(11)9(13)14/h5-8,12H,4,11H2,1-3H3,(H,13,14)(H,15,16)/t6?,7-,8-/m0/s1. The van der Waals surface area contributed by atoms with Gasteiger partial charge in [0, 0.05) is 11.8 Å². The van der Waals surface area contributed by atoms with Crippen LogP contribution in [0.15, 0.2) is 0 Å². The van der Waals surface area contributed by atoms with Gasteiger partial charge in [-0.1, -0.05) is 13.8 Å². The van der Waals surface area contributed by atoms with Crippen molar-refractivity contribution in [3.05, 3.63) is 0 Å². The molecule has 0 fully saturated rings. The molecule has 0 saturated heterocycles. The summed E-state index contributed by atoms with van der Waals surface area (Å²) in [5, 5.41) is 20.7. The summed E-state index contributed by atoms with van der Waals surface area (Å²) >= 11 is 1.42. The smallest absolute Gasteiger partial charge is 0.322 e. The first kappa shape index (κ1) is 16.2. The van der Waals surface area contributed by atoms with Crippen molar-refractivity contribution in [3.63, 3.8) is 0 Å². The second-order valence-corrected chi connectivity index (χ2v) is 5.06. The summed E-state index contributed by atoms with van der Waals surface area (Å²) in [7, 11) is 0. The molecule has 3 atom stereocenters. The number of carboxylic acid groups (broad SMARTS) is 2. The van der Waals surface area contributed by atoms with Crippen molar-refractivity contribution in [3.8, 4) is 0 Å². The number of nitrogens with one attached hydrogen (secondary N) is 1. The fourth-order valence-corrected chi connectivity index (χ4v) is 2.05. The molecule has 17 heavy (non-hydrogen) atoms. The number of hydrogen-bond donors (Lipinski definition) is 4. The highest BCUT2D eigenvalue weighted by atomic mass is 32.2. The molecule has 7 heteroatoms. The molecule has 0 aliphatic heterocycles. The van der Waals surface area contributed by atoms with Gasteiger partial charge in [0.05, 0.1) is 0 Å². The Morgan fingerprint density at radius 1 is 1.29 bits per heavy atom. The van der Waals surface area contributed by atoms with Crippen molar-refractivity contribution >= 4 is 23.7 Å². The Hall–Kier alpha value is -0.790. The maximum atomic E-state index is 11.0. The van der Waals surface area contributed by atoms with Crippen LogP contribution < -0.4 is 11.1 Å². The molecule has 0 heterocycles. The van der Waals surface area contributed by atoms with E-state index in [2.05, 4.69) is 5.32 Å². The second kappa shape index (κ2) is 7.52. The van der Waals surface area contributed by atoms with Crippen LogP contribution in [0.1, 0.15) is 13.8 Å². The van der Waals surface area contributed by atoms with E-state index >= 15 is 0 Å². The lowest BCUT2D eigenvalue weighted by molar-refractivity contribution is -0.143. The van der Waals surface area contributed by atoms with Crippen molar-refractivity contribution in [2.24, 2.45) is 11.7 Å². The fourth-order valence-electron chi connectivity index (χ4n) is 1.39. The fraction of sp³-hybridized carbons (Fsp3) is 0.800. The van der Waals surface area contributed by atoms with Crippen LogP contribution >= 0.6 is 11.8 Å². The number of rotatable bonds is 8. The largest absolute Gasteiger partial charge is 0.480 e. The first-order chi connectivity index (χ1) is 7.81. The maximum Gasteiger partial charge on any atom is 0.322 e. The lowest BCUT2D eigenvalue weighted by Crippen LogP contribution is -2.57. The molecular formula is C10H20N2O4S. The predicted octanol–water partition coefficient (Wildman–Crippen LogP) is -0.171. The van der Waals surface area contributed by atoms with Crippen LogP contribution in [0.4, 0.5) is 0 Å². The molecule has 0 bridgehead atoms. The van der Waals surface area contributed by atoms with E-state index < -0.39 is 30.1 Å². The molecule has 0 rings (SSSR count). The van der Waals surface area contributed by atoms with Gasteiger partial charge in [-0.2, -0.15) is 11.8 Å². The normalized spacial score (nSPS) is 16.5. The third kappa shape index (κ3) is 5.38. The number of hydrogen-bond acceptors (Lipinski definition) is 5. The Labute approximate surface area is 105 Å². The van der Waals surface area contributed by atoms with Crippen LogP contribution in [0.3, 0.4) is 0 Å². The summed E-state index contributed by atoms with van der Waals surface area (Å²) < 4.78 is 0. The van der Waals surface area contributed by atoms with Crippen LogP contribution in [0, 0.1) is 5.92 Å². The Bertz CT molecular complexity index is 273. The highest BCUT2D eigenvalue weighted by Crippen LogP contribution is 2.08. The number of thioether (sulfide) groups is 1. The molecule has 0 aliphatic carbocycles. The molecule has 0 spiro atoms. The third-order valence-corrected chi connectivity index (χ3v) is 3.08. The lowest BCUT2D eigenvalue weighted by atomic mass is 10.0. The number of carboxylic acids is 2. The SMILES string of the molecule is CSCC(N[C@H](C(=O)O)C(C)C)[C@H](N)C(=O)O. The Balaban J connectivity index is 4.71. The molecule has 0 saturated carbocycles. The van der Waals surface area contributed by atoms with Gasteiger partial charge in [-0.15, -0.1) is 0 Å². The van der Waals surface area contributed by atoms with Crippen LogP contribution in [-0.2, 0) is 9.59 Å². The third-order valence-electron chi connectivity index (χ3n) is 2.39. The van der Waals surface area contributed by atoms with Gasteiger partial charge in [-0.3, -0.25) is 14.9 Å². The summed E-state index contributed by atoms with van der Waals surface area (Å²) in [6.07, 6.45) is 1.81. The van der Waals surface area contributed by atoms with Crippen molar-refractivity contribution in [1.82, 2.24) is 5.32 Å². The molecule has 0 amide bonds. The highest BCUT2D eigenvalue weighted by molar-refractivity contribution is 7.98. The van der Waals surface area contributed by atoms with E-state index in [9.17, 15) is 9.59 Å². The van der Waals surface area contributed by atoms with E-state index in [0.29, 0.717) is 5.75 Å². The van der Waals surface area contributed by atoms with Crippen molar-refractivity contribution in [2.45, 2.75) is 32.0 Å². The average molecular weight is 264 g/mol. The van der Waals surface area contributed by atoms with Gasteiger partial charge >= 0.3 is 11.9 Å². The van der Waals surface area contributed by atoms with Crippen LogP contribution in [0.2, 0.25) is 0 Å². The molecule has 0 radical (unpaired) electrons. The number of carbonyl (C=O) groups is 2. The van der Waals surface area contributed by atoms with Gasteiger partial charge in [0.2, 0.25) is 0 Å². The first-order valence-corrected chi connectivity index (χ1v) is 6.66. The van der Waals surface area contributed by atoms with E-state index in [0.717, 1.165) is 0 Å². The van der Waals surface area contributed by atoms with Gasteiger partial charge in [0.25, 0.3) is 0 Å². The Morgan fingerprint density at radius 2 is 1.82 bits per heavy atom. The second-order valence-electron chi connectivity index (χ2n) is 4.15. The van der Waals surface area contributed by atoms with Crippen LogP contribution in [-0.4, -0.2) is 52.3 Å². The van der Waals surface area contributed by atoms with Crippen LogP contribution in [0.25, 0.3) is 0 Å². The molecule has 6 nitrogen and oxygen atoms in total. The van der Waals surface area contributed by atoms with E-state index in [4.69, 9.17) is 15.9 Å². The molecule has 0 aromatic rings. The molecule has 0 aliphatic rings. The van der Waals surface area contributed by atoms with Gasteiger partial charge in [0.15, 0.2) is 0 Å². The topological polar surface area (TPSA) is 113 Å². The van der Waals surface area contributed by atoms with Gasteiger partial charge in [-0.05, 0) is 12.2 Å². The zero-order valence-electron chi connectivity index (χ0n) is 10.2. The van der Waals surface area contributed by atoms with Crippen molar-refractivity contribution in [2.75, 3.05) is 12.0 Å². The molecule has 0 aromatic carbocycles. The number of aliphatic carboxylic acids is 2. The zero-order valence-corrected chi connectivity index (χ0v) is 11.0. The van der Waals surface area contributed by atoms with Crippen LogP contribution in [0.5, 0.6) is 0 Å². The molecule has 0 aromatic heterocycles. The molecular weight excluding hydrogens is 244 g/mol. The first-order valence-electron chi connectivity index (χ1n) is 5.27. The van der Waals surface area contributed by atoms with Crippen molar-refractivity contribution < 1.29 is 19.8 Å². The van der Waals surface area contributed by atoms with E-state index in [1.165, 1.54) is 11.8 Å². The average Bonchev–Trinajstić information content (AvgIpc) is 2.21. The van der Waals surface area contributed by atoms with E-state index in [-0.39, 0.29) is 5.92 Å². The summed E-state index contributed by atoms with van der Waals surface area (Å²) in [6.45, 7) is 3.52. The summed E-state index contributed by atoms with van der Waals surface area (Å²) in [5.41, 5.74) is 5.53. The van der Waals surface area contributed by atoms with E-state index in [1.54, 1.807) is 13.8 Å². The van der Waals surface area contributed by atoms with Gasteiger partial charge < -0.3 is 15.9 Å².